The first-order valence-electron chi connectivity index (χ1n) is 7.65. The molecule has 0 spiro atoms. The molecule has 2 aromatic rings. The summed E-state index contributed by atoms with van der Waals surface area (Å²) in [4.78, 5) is 8.55. The van der Waals surface area contributed by atoms with E-state index in [2.05, 4.69) is 43.3 Å². The summed E-state index contributed by atoms with van der Waals surface area (Å²) in [6.07, 6.45) is 2.61. The van der Waals surface area contributed by atoms with E-state index in [1.807, 2.05) is 32.0 Å². The van der Waals surface area contributed by atoms with E-state index in [0.717, 1.165) is 27.8 Å². The number of aromatic nitrogens is 2. The van der Waals surface area contributed by atoms with Gasteiger partial charge in [-0.1, -0.05) is 6.92 Å². The van der Waals surface area contributed by atoms with Crippen LogP contribution < -0.4 is 14.9 Å². The quantitative estimate of drug-likeness (QED) is 0.567. The van der Waals surface area contributed by atoms with Gasteiger partial charge in [0.1, 0.15) is 0 Å². The second-order valence-electron chi connectivity index (χ2n) is 5.23. The lowest BCUT2D eigenvalue weighted by atomic mass is 10.2. The summed E-state index contributed by atoms with van der Waals surface area (Å²) < 4.78 is 11.9. The summed E-state index contributed by atoms with van der Waals surface area (Å²) in [5.74, 6) is 1.82. The molecule has 128 valence electrons. The van der Waals surface area contributed by atoms with Crippen LogP contribution in [-0.2, 0) is 0 Å². The number of benzene rings is 1. The van der Waals surface area contributed by atoms with Crippen molar-refractivity contribution < 1.29 is 9.47 Å². The highest BCUT2D eigenvalue weighted by Gasteiger charge is 2.10. The van der Waals surface area contributed by atoms with Crippen molar-refractivity contribution in [1.29, 1.82) is 0 Å². The van der Waals surface area contributed by atoms with Crippen molar-refractivity contribution in [2.75, 3.05) is 19.1 Å². The largest absolute Gasteiger partial charge is 0.493 e. The van der Waals surface area contributed by atoms with Crippen LogP contribution in [0.25, 0.3) is 0 Å². The third-order valence-corrected chi connectivity index (χ3v) is 3.65. The smallest absolute Gasteiger partial charge is 0.243 e. The molecule has 1 heterocycles. The molecule has 0 aliphatic heterocycles. The Hall–Kier alpha value is -2.15. The third kappa shape index (κ3) is 4.92. The fraction of sp³-hybridized carbons (Fsp3) is 0.353. The Bertz CT molecular complexity index is 715. The van der Waals surface area contributed by atoms with Crippen molar-refractivity contribution in [3.8, 4) is 11.5 Å². The van der Waals surface area contributed by atoms with E-state index < -0.39 is 0 Å². The molecular formula is C17H21BrN4O2. The third-order valence-electron chi connectivity index (χ3n) is 3.06. The van der Waals surface area contributed by atoms with Crippen LogP contribution >= 0.6 is 15.9 Å². The summed E-state index contributed by atoms with van der Waals surface area (Å²) in [6.45, 7) is 6.53. The fourth-order valence-electron chi connectivity index (χ4n) is 2.10. The average molecular weight is 393 g/mol. The van der Waals surface area contributed by atoms with Gasteiger partial charge in [0, 0.05) is 11.4 Å². The van der Waals surface area contributed by atoms with Crippen LogP contribution in [0.5, 0.6) is 11.5 Å². The van der Waals surface area contributed by atoms with Crippen LogP contribution in [0.1, 0.15) is 30.3 Å². The molecule has 0 bridgehead atoms. The van der Waals surface area contributed by atoms with E-state index >= 15 is 0 Å². The maximum atomic E-state index is 5.71. The second-order valence-corrected chi connectivity index (χ2v) is 6.08. The number of hydrogen-bond acceptors (Lipinski definition) is 6. The second kappa shape index (κ2) is 8.63. The molecule has 7 heteroatoms. The van der Waals surface area contributed by atoms with Crippen molar-refractivity contribution in [2.24, 2.45) is 5.10 Å². The van der Waals surface area contributed by atoms with Crippen molar-refractivity contribution in [3.05, 3.63) is 39.6 Å². The molecule has 24 heavy (non-hydrogen) atoms. The molecule has 1 N–H and O–H groups in total. The molecule has 0 radical (unpaired) electrons. The van der Waals surface area contributed by atoms with Gasteiger partial charge in [-0.3, -0.25) is 0 Å². The van der Waals surface area contributed by atoms with Gasteiger partial charge in [-0.05, 0) is 60.0 Å². The van der Waals surface area contributed by atoms with E-state index in [4.69, 9.17) is 9.47 Å². The van der Waals surface area contributed by atoms with E-state index in [9.17, 15) is 0 Å². The lowest BCUT2D eigenvalue weighted by Crippen LogP contribution is -2.01. The van der Waals surface area contributed by atoms with Crippen molar-refractivity contribution in [2.45, 2.75) is 27.2 Å². The summed E-state index contributed by atoms with van der Waals surface area (Å²) in [7, 11) is 1.61. The van der Waals surface area contributed by atoms with Gasteiger partial charge in [-0.2, -0.15) is 5.10 Å². The number of anilines is 1. The number of halogens is 1. The zero-order chi connectivity index (χ0) is 17.5. The van der Waals surface area contributed by atoms with Crippen molar-refractivity contribution in [3.63, 3.8) is 0 Å². The monoisotopic (exact) mass is 392 g/mol. The molecule has 0 saturated heterocycles. The van der Waals surface area contributed by atoms with Gasteiger partial charge in [0.15, 0.2) is 11.5 Å². The molecule has 1 aromatic heterocycles. The number of ether oxygens (including phenoxy) is 2. The fourth-order valence-corrected chi connectivity index (χ4v) is 2.67. The zero-order valence-corrected chi connectivity index (χ0v) is 15.8. The summed E-state index contributed by atoms with van der Waals surface area (Å²) >= 11 is 3.51. The highest BCUT2D eigenvalue weighted by atomic mass is 79.9. The Morgan fingerprint density at radius 3 is 2.54 bits per heavy atom. The van der Waals surface area contributed by atoms with E-state index in [1.54, 1.807) is 13.3 Å². The molecule has 0 aliphatic rings. The topological polar surface area (TPSA) is 68.6 Å². The summed E-state index contributed by atoms with van der Waals surface area (Å²) in [5, 5.41) is 4.19. The summed E-state index contributed by atoms with van der Waals surface area (Å²) in [5.41, 5.74) is 5.48. The predicted molar refractivity (Wildman–Crippen MR) is 99.2 cm³/mol. The molecule has 0 atom stereocenters. The first-order valence-corrected chi connectivity index (χ1v) is 8.44. The minimum absolute atomic E-state index is 0.470. The van der Waals surface area contributed by atoms with Gasteiger partial charge in [-0.25, -0.2) is 15.4 Å². The van der Waals surface area contributed by atoms with Gasteiger partial charge in [0.2, 0.25) is 5.95 Å². The number of hydrogen-bond donors (Lipinski definition) is 1. The molecule has 6 nitrogen and oxygen atoms in total. The highest BCUT2D eigenvalue weighted by Crippen LogP contribution is 2.36. The van der Waals surface area contributed by atoms with Gasteiger partial charge < -0.3 is 9.47 Å². The number of nitrogens with zero attached hydrogens (tertiary/aromatic N) is 3. The Kier molecular flexibility index (Phi) is 6.54. The van der Waals surface area contributed by atoms with Crippen LogP contribution in [-0.4, -0.2) is 29.9 Å². The van der Waals surface area contributed by atoms with Crippen LogP contribution in [0.2, 0.25) is 0 Å². The molecule has 1 aromatic carbocycles. The number of aryl methyl sites for hydroxylation is 2. The highest BCUT2D eigenvalue weighted by molar-refractivity contribution is 9.10. The average Bonchev–Trinajstić information content (AvgIpc) is 2.52. The molecular weight excluding hydrogens is 372 g/mol. The predicted octanol–water partition coefficient (Wildman–Crippen LogP) is 4.10. The first-order chi connectivity index (χ1) is 11.5. The van der Waals surface area contributed by atoms with Gasteiger partial charge >= 0.3 is 0 Å². The number of hydrazone groups is 1. The molecule has 2 rings (SSSR count). The number of methoxy groups -OCH3 is 1. The van der Waals surface area contributed by atoms with E-state index in [0.29, 0.717) is 24.1 Å². The SMILES string of the molecule is CCCOc1c(Br)cc(C=NNc2nc(C)cc(C)n2)cc1OC. The lowest BCUT2D eigenvalue weighted by molar-refractivity contribution is 0.292. The van der Waals surface area contributed by atoms with Crippen molar-refractivity contribution >= 4 is 28.1 Å². The molecule has 0 fully saturated rings. The van der Waals surface area contributed by atoms with Crippen LogP contribution in [0.15, 0.2) is 27.8 Å². The first kappa shape index (κ1) is 18.2. The lowest BCUT2D eigenvalue weighted by Gasteiger charge is -2.12. The molecule has 0 saturated carbocycles. The molecule has 0 unspecified atom stereocenters. The maximum absolute atomic E-state index is 5.71. The Labute approximate surface area is 150 Å². The Morgan fingerprint density at radius 2 is 1.92 bits per heavy atom. The zero-order valence-electron chi connectivity index (χ0n) is 14.3. The summed E-state index contributed by atoms with van der Waals surface area (Å²) in [6, 6.07) is 5.69. The number of rotatable bonds is 7. The van der Waals surface area contributed by atoms with Gasteiger partial charge in [-0.15, -0.1) is 0 Å². The van der Waals surface area contributed by atoms with Crippen LogP contribution in [0.3, 0.4) is 0 Å². The van der Waals surface area contributed by atoms with Crippen LogP contribution in [0, 0.1) is 13.8 Å². The minimum Gasteiger partial charge on any atom is -0.493 e. The van der Waals surface area contributed by atoms with Gasteiger partial charge in [0.05, 0.1) is 24.4 Å². The number of nitrogens with one attached hydrogen (secondary N) is 1. The standard InChI is InChI=1S/C17H21BrN4O2/c1-5-6-24-16-14(18)8-13(9-15(16)23-4)10-19-22-17-20-11(2)7-12(3)21-17/h7-10H,5-6H2,1-4H3,(H,20,21,22). The van der Waals surface area contributed by atoms with E-state index in [-0.39, 0.29) is 0 Å². The van der Waals surface area contributed by atoms with Crippen LogP contribution in [0.4, 0.5) is 5.95 Å². The maximum Gasteiger partial charge on any atom is 0.243 e. The van der Waals surface area contributed by atoms with Gasteiger partial charge in [0.25, 0.3) is 0 Å². The van der Waals surface area contributed by atoms with Crippen molar-refractivity contribution in [1.82, 2.24) is 9.97 Å². The Morgan fingerprint density at radius 1 is 1.21 bits per heavy atom. The molecule has 0 amide bonds. The Balaban J connectivity index is 2.15. The minimum atomic E-state index is 0.470. The molecule has 0 aliphatic carbocycles. The normalized spacial score (nSPS) is 10.9. The van der Waals surface area contributed by atoms with E-state index in [1.165, 1.54) is 0 Å².